The maximum absolute atomic E-state index is 12.6. The van der Waals surface area contributed by atoms with Crippen LogP contribution >= 0.6 is 0 Å². The molecule has 1 saturated carbocycles. The van der Waals surface area contributed by atoms with Crippen molar-refractivity contribution in [1.82, 2.24) is 14.9 Å². The summed E-state index contributed by atoms with van der Waals surface area (Å²) in [5, 5.41) is 0. The fourth-order valence-corrected chi connectivity index (χ4v) is 4.87. The molecule has 0 amide bonds. The third kappa shape index (κ3) is 3.96. The first-order valence-corrected chi connectivity index (χ1v) is 10.3. The molecule has 3 heterocycles. The van der Waals surface area contributed by atoms with E-state index in [9.17, 15) is 4.79 Å². The van der Waals surface area contributed by atoms with Gasteiger partial charge in [-0.1, -0.05) is 19.3 Å². The lowest BCUT2D eigenvalue weighted by molar-refractivity contribution is -0.00576. The number of rotatable bonds is 3. The first-order chi connectivity index (χ1) is 12.6. The SMILES string of the molecule is C[C@@H]1CN(c2nc3c(c(=O)[nH]2)CCN(CC2CCCCC2)C3)C[C@@H](C)O1. The van der Waals surface area contributed by atoms with Crippen LogP contribution in [-0.4, -0.2) is 53.3 Å². The van der Waals surface area contributed by atoms with Crippen LogP contribution in [-0.2, 0) is 17.7 Å². The summed E-state index contributed by atoms with van der Waals surface area (Å²) in [6.45, 7) is 8.66. The number of fused-ring (bicyclic) bond motifs is 1. The van der Waals surface area contributed by atoms with Crippen molar-refractivity contribution in [2.75, 3.05) is 31.1 Å². The van der Waals surface area contributed by atoms with Crippen molar-refractivity contribution >= 4 is 5.95 Å². The van der Waals surface area contributed by atoms with Crippen molar-refractivity contribution in [1.29, 1.82) is 0 Å². The lowest BCUT2D eigenvalue weighted by atomic mass is 9.88. The van der Waals surface area contributed by atoms with Gasteiger partial charge in [0, 0.05) is 38.3 Å². The topological polar surface area (TPSA) is 61.5 Å². The fourth-order valence-electron chi connectivity index (χ4n) is 4.87. The zero-order chi connectivity index (χ0) is 18.1. The Bertz CT molecular complexity index is 673. The molecule has 1 aromatic rings. The zero-order valence-electron chi connectivity index (χ0n) is 16.2. The van der Waals surface area contributed by atoms with E-state index >= 15 is 0 Å². The minimum atomic E-state index is 0.0501. The predicted molar refractivity (Wildman–Crippen MR) is 103 cm³/mol. The van der Waals surface area contributed by atoms with E-state index in [1.165, 1.54) is 32.1 Å². The molecule has 26 heavy (non-hydrogen) atoms. The van der Waals surface area contributed by atoms with Gasteiger partial charge in [0.05, 0.1) is 17.9 Å². The molecule has 2 atom stereocenters. The highest BCUT2D eigenvalue weighted by atomic mass is 16.5. The van der Waals surface area contributed by atoms with Crippen LogP contribution in [0.15, 0.2) is 4.79 Å². The molecule has 1 aliphatic carbocycles. The summed E-state index contributed by atoms with van der Waals surface area (Å²) in [5.74, 6) is 1.54. The minimum Gasteiger partial charge on any atom is -0.372 e. The molecule has 144 valence electrons. The summed E-state index contributed by atoms with van der Waals surface area (Å²) in [6, 6.07) is 0. The Kier molecular flexibility index (Phi) is 5.32. The van der Waals surface area contributed by atoms with Crippen LogP contribution in [0.1, 0.15) is 57.2 Å². The Balaban J connectivity index is 1.50. The van der Waals surface area contributed by atoms with E-state index in [-0.39, 0.29) is 17.8 Å². The van der Waals surface area contributed by atoms with Gasteiger partial charge in [0.25, 0.3) is 5.56 Å². The number of aromatic amines is 1. The minimum absolute atomic E-state index is 0.0501. The number of nitrogens with zero attached hydrogens (tertiary/aromatic N) is 3. The molecule has 2 aliphatic heterocycles. The largest absolute Gasteiger partial charge is 0.372 e. The monoisotopic (exact) mass is 360 g/mol. The summed E-state index contributed by atoms with van der Waals surface area (Å²) >= 11 is 0. The molecule has 1 N–H and O–H groups in total. The highest BCUT2D eigenvalue weighted by molar-refractivity contribution is 5.35. The van der Waals surface area contributed by atoms with Crippen molar-refractivity contribution in [2.24, 2.45) is 5.92 Å². The summed E-state index contributed by atoms with van der Waals surface area (Å²) < 4.78 is 5.81. The second kappa shape index (κ2) is 7.69. The van der Waals surface area contributed by atoms with E-state index in [0.717, 1.165) is 62.3 Å². The molecule has 6 heteroatoms. The van der Waals surface area contributed by atoms with Gasteiger partial charge in [-0.2, -0.15) is 0 Å². The highest BCUT2D eigenvalue weighted by Gasteiger charge is 2.27. The van der Waals surface area contributed by atoms with Gasteiger partial charge in [0.15, 0.2) is 0 Å². The quantitative estimate of drug-likeness (QED) is 0.896. The van der Waals surface area contributed by atoms with E-state index < -0.39 is 0 Å². The van der Waals surface area contributed by atoms with Crippen molar-refractivity contribution in [3.05, 3.63) is 21.6 Å². The predicted octanol–water partition coefficient (Wildman–Crippen LogP) is 2.32. The van der Waals surface area contributed by atoms with Crippen LogP contribution in [0, 0.1) is 5.92 Å². The van der Waals surface area contributed by atoms with Crippen LogP contribution in [0.2, 0.25) is 0 Å². The molecule has 4 rings (SSSR count). The first-order valence-electron chi connectivity index (χ1n) is 10.3. The van der Waals surface area contributed by atoms with Crippen LogP contribution in [0.25, 0.3) is 0 Å². The highest BCUT2D eigenvalue weighted by Crippen LogP contribution is 2.26. The van der Waals surface area contributed by atoms with Crippen molar-refractivity contribution in [3.8, 4) is 0 Å². The average molecular weight is 361 g/mol. The number of ether oxygens (including phenoxy) is 1. The Morgan fingerprint density at radius 2 is 1.88 bits per heavy atom. The van der Waals surface area contributed by atoms with Gasteiger partial charge < -0.3 is 9.64 Å². The van der Waals surface area contributed by atoms with Gasteiger partial charge in [0.2, 0.25) is 5.95 Å². The van der Waals surface area contributed by atoms with Gasteiger partial charge in [-0.3, -0.25) is 14.7 Å². The number of hydrogen-bond acceptors (Lipinski definition) is 5. The molecule has 0 bridgehead atoms. The molecule has 1 aromatic heterocycles. The Hall–Kier alpha value is -1.40. The molecule has 0 radical (unpaired) electrons. The summed E-state index contributed by atoms with van der Waals surface area (Å²) in [7, 11) is 0. The van der Waals surface area contributed by atoms with Crippen molar-refractivity contribution < 1.29 is 4.74 Å². The standard InChI is InChI=1S/C20H32N4O2/c1-14-10-24(11-15(2)26-14)20-21-18-13-23(9-8-17(18)19(25)22-20)12-16-6-4-3-5-7-16/h14-16H,3-13H2,1-2H3,(H,21,22,25)/t14-,15-/m1/s1. The first kappa shape index (κ1) is 18.0. The third-order valence-corrected chi connectivity index (χ3v) is 6.10. The second-order valence-electron chi connectivity index (χ2n) is 8.47. The third-order valence-electron chi connectivity index (χ3n) is 6.10. The average Bonchev–Trinajstić information content (AvgIpc) is 2.61. The van der Waals surface area contributed by atoms with E-state index in [2.05, 4.69) is 28.6 Å². The van der Waals surface area contributed by atoms with Gasteiger partial charge >= 0.3 is 0 Å². The van der Waals surface area contributed by atoms with E-state index in [1.807, 2.05) is 0 Å². The van der Waals surface area contributed by atoms with Crippen molar-refractivity contribution in [3.63, 3.8) is 0 Å². The van der Waals surface area contributed by atoms with Gasteiger partial charge in [-0.05, 0) is 39.0 Å². The number of nitrogens with one attached hydrogen (secondary N) is 1. The molecule has 0 spiro atoms. The van der Waals surface area contributed by atoms with Crippen LogP contribution in [0.3, 0.4) is 0 Å². The maximum atomic E-state index is 12.6. The van der Waals surface area contributed by atoms with Gasteiger partial charge in [-0.25, -0.2) is 4.98 Å². The van der Waals surface area contributed by atoms with E-state index in [1.54, 1.807) is 0 Å². The van der Waals surface area contributed by atoms with Gasteiger partial charge in [0.1, 0.15) is 0 Å². The number of H-pyrrole nitrogens is 1. The number of hydrogen-bond donors (Lipinski definition) is 1. The summed E-state index contributed by atoms with van der Waals surface area (Å²) in [5.41, 5.74) is 1.93. The molecule has 3 aliphatic rings. The van der Waals surface area contributed by atoms with Crippen LogP contribution in [0.5, 0.6) is 0 Å². The lowest BCUT2D eigenvalue weighted by Gasteiger charge is -2.36. The summed E-state index contributed by atoms with van der Waals surface area (Å²) in [4.78, 5) is 25.2. The molecule has 1 saturated heterocycles. The Morgan fingerprint density at radius 1 is 1.15 bits per heavy atom. The Labute approximate surface area is 155 Å². The zero-order valence-corrected chi connectivity index (χ0v) is 16.2. The van der Waals surface area contributed by atoms with E-state index in [4.69, 9.17) is 9.72 Å². The maximum Gasteiger partial charge on any atom is 0.255 e. The number of morpholine rings is 1. The van der Waals surface area contributed by atoms with Crippen molar-refractivity contribution in [2.45, 2.75) is 71.1 Å². The second-order valence-corrected chi connectivity index (χ2v) is 8.47. The molecule has 0 aromatic carbocycles. The fraction of sp³-hybridized carbons (Fsp3) is 0.800. The van der Waals surface area contributed by atoms with Crippen LogP contribution in [0.4, 0.5) is 5.95 Å². The lowest BCUT2D eigenvalue weighted by Crippen LogP contribution is -2.47. The molecular formula is C20H32N4O2. The molecular weight excluding hydrogens is 328 g/mol. The summed E-state index contributed by atoms with van der Waals surface area (Å²) in [6.07, 6.45) is 8.01. The number of aromatic nitrogens is 2. The van der Waals surface area contributed by atoms with Gasteiger partial charge in [-0.15, -0.1) is 0 Å². The normalized spacial score (nSPS) is 28.2. The molecule has 0 unspecified atom stereocenters. The van der Waals surface area contributed by atoms with E-state index in [0.29, 0.717) is 0 Å². The molecule has 6 nitrogen and oxygen atoms in total. The molecule has 2 fully saturated rings. The smallest absolute Gasteiger partial charge is 0.255 e. The van der Waals surface area contributed by atoms with Crippen LogP contribution < -0.4 is 10.5 Å². The Morgan fingerprint density at radius 3 is 2.62 bits per heavy atom. The number of anilines is 1.